The van der Waals surface area contributed by atoms with Gasteiger partial charge in [-0.1, -0.05) is 0 Å². The largest absolute Gasteiger partial charge is 0.489 e. The third kappa shape index (κ3) is 4.07. The van der Waals surface area contributed by atoms with E-state index in [1.165, 1.54) is 31.5 Å². The number of carbonyl (C=O) groups is 2. The number of primary amides is 1. The van der Waals surface area contributed by atoms with E-state index in [1.54, 1.807) is 0 Å². The van der Waals surface area contributed by atoms with Gasteiger partial charge in [0.15, 0.2) is 5.82 Å². The Morgan fingerprint density at radius 3 is 2.54 bits per heavy atom. The molecule has 13 heteroatoms. The molecular weight excluding hydrogens is 474 g/mol. The van der Waals surface area contributed by atoms with E-state index in [0.717, 1.165) is 18.2 Å². The molecule has 1 aliphatic rings. The second-order valence-corrected chi connectivity index (χ2v) is 8.20. The van der Waals surface area contributed by atoms with Crippen molar-refractivity contribution in [3.05, 3.63) is 65.6 Å². The Morgan fingerprint density at radius 1 is 1.29 bits per heavy atom. The van der Waals surface area contributed by atoms with Gasteiger partial charge in [-0.2, -0.15) is 13.2 Å². The van der Waals surface area contributed by atoms with E-state index in [9.17, 15) is 32.3 Å². The number of benzene rings is 1. The molecule has 0 bridgehead atoms. The molecule has 5 N–H and O–H groups in total. The highest BCUT2D eigenvalue weighted by Crippen LogP contribution is 2.47. The monoisotopic (exact) mass is 493 g/mol. The van der Waals surface area contributed by atoms with Gasteiger partial charge in [0, 0.05) is 23.5 Å². The Balaban J connectivity index is 1.87. The number of H-pyrrole nitrogens is 1. The fourth-order valence-corrected chi connectivity index (χ4v) is 3.62. The van der Waals surface area contributed by atoms with E-state index in [-0.39, 0.29) is 35.0 Å². The number of imidazole rings is 1. The zero-order chi connectivity index (χ0) is 25.6. The summed E-state index contributed by atoms with van der Waals surface area (Å²) in [6, 6.07) is 5.54. The summed E-state index contributed by atoms with van der Waals surface area (Å²) < 4.78 is 61.8. The summed E-state index contributed by atoms with van der Waals surface area (Å²) in [7, 11) is 0. The Kier molecular flexibility index (Phi) is 5.75. The molecule has 3 heterocycles. The number of carbonyl (C=O) groups excluding carboxylic acids is 2. The number of hydrogen-bond donors (Lipinski definition) is 4. The van der Waals surface area contributed by atoms with Crippen LogP contribution in [0.15, 0.2) is 42.7 Å². The van der Waals surface area contributed by atoms with Gasteiger partial charge < -0.3 is 25.9 Å². The maximum atomic E-state index is 14.2. The number of alkyl halides is 3. The minimum atomic E-state index is -5.31. The minimum absolute atomic E-state index is 0.0224. The summed E-state index contributed by atoms with van der Waals surface area (Å²) in [6.07, 6.45) is -2.79. The van der Waals surface area contributed by atoms with Crippen molar-refractivity contribution in [2.75, 3.05) is 13.2 Å². The van der Waals surface area contributed by atoms with Crippen LogP contribution in [0.4, 0.5) is 17.6 Å². The first-order valence-corrected chi connectivity index (χ1v) is 10.2. The van der Waals surface area contributed by atoms with Crippen LogP contribution in [-0.2, 0) is 15.8 Å². The molecule has 9 nitrogen and oxygen atoms in total. The Bertz CT molecular complexity index is 1280. The van der Waals surface area contributed by atoms with Crippen molar-refractivity contribution in [2.45, 2.75) is 24.1 Å². The van der Waals surface area contributed by atoms with Crippen LogP contribution < -0.4 is 15.8 Å². The van der Waals surface area contributed by atoms with Crippen LogP contribution in [0, 0.1) is 5.82 Å². The highest BCUT2D eigenvalue weighted by molar-refractivity contribution is 5.91. The molecule has 0 unspecified atom stereocenters. The van der Waals surface area contributed by atoms with Gasteiger partial charge in [0.2, 0.25) is 11.5 Å². The first kappa shape index (κ1) is 24.1. The van der Waals surface area contributed by atoms with Gasteiger partial charge in [-0.25, -0.2) is 14.4 Å². The summed E-state index contributed by atoms with van der Waals surface area (Å²) in [6.45, 7) is -0.222. The fourth-order valence-electron chi connectivity index (χ4n) is 3.62. The summed E-state index contributed by atoms with van der Waals surface area (Å²) >= 11 is 0. The molecule has 35 heavy (non-hydrogen) atoms. The molecule has 3 aromatic rings. The van der Waals surface area contributed by atoms with Crippen molar-refractivity contribution in [3.8, 4) is 17.0 Å². The molecule has 1 aliphatic heterocycles. The van der Waals surface area contributed by atoms with Crippen molar-refractivity contribution in [1.29, 1.82) is 0 Å². The number of nitrogens with zero attached hydrogens (tertiary/aromatic N) is 2. The van der Waals surface area contributed by atoms with Gasteiger partial charge in [0.25, 0.3) is 5.91 Å². The number of amides is 2. The summed E-state index contributed by atoms with van der Waals surface area (Å²) in [5, 5.41) is 12.9. The molecule has 0 saturated carbocycles. The molecule has 0 saturated heterocycles. The lowest BCUT2D eigenvalue weighted by Crippen LogP contribution is -2.52. The van der Waals surface area contributed by atoms with Crippen molar-refractivity contribution < 1.29 is 37.0 Å². The third-order valence-corrected chi connectivity index (χ3v) is 5.84. The van der Waals surface area contributed by atoms with E-state index in [2.05, 4.69) is 15.0 Å². The number of aliphatic hydroxyl groups is 1. The van der Waals surface area contributed by atoms with Crippen LogP contribution in [-0.4, -0.2) is 51.2 Å². The van der Waals surface area contributed by atoms with Crippen LogP contribution in [0.2, 0.25) is 0 Å². The van der Waals surface area contributed by atoms with Crippen molar-refractivity contribution in [3.63, 3.8) is 0 Å². The number of nitrogens with one attached hydrogen (secondary N) is 2. The van der Waals surface area contributed by atoms with Crippen LogP contribution in [0.5, 0.6) is 5.75 Å². The number of rotatable bonds is 6. The van der Waals surface area contributed by atoms with Crippen molar-refractivity contribution >= 4 is 11.8 Å². The molecule has 184 valence electrons. The lowest BCUT2D eigenvalue weighted by Gasteiger charge is -2.31. The Hall–Kier alpha value is -4.00. The average molecular weight is 493 g/mol. The number of hydrogen-bond acceptors (Lipinski definition) is 6. The normalized spacial score (nSPS) is 18.9. The molecule has 1 aromatic carbocycles. The number of ether oxygens (including phenoxy) is 1. The Labute approximate surface area is 195 Å². The van der Waals surface area contributed by atoms with Gasteiger partial charge in [0.1, 0.15) is 29.3 Å². The molecule has 2 aromatic heterocycles. The predicted molar refractivity (Wildman–Crippen MR) is 113 cm³/mol. The first-order chi connectivity index (χ1) is 16.4. The zero-order valence-corrected chi connectivity index (χ0v) is 18.1. The number of fused-ring (bicyclic) bond motifs is 1. The number of aromatic nitrogens is 3. The molecule has 4 rings (SSSR count). The van der Waals surface area contributed by atoms with E-state index >= 15 is 0 Å². The highest BCUT2D eigenvalue weighted by Gasteiger charge is 2.57. The number of pyridine rings is 1. The summed E-state index contributed by atoms with van der Waals surface area (Å²) in [4.78, 5) is 34.5. The molecule has 2 atom stereocenters. The third-order valence-electron chi connectivity index (χ3n) is 5.84. The van der Waals surface area contributed by atoms with Gasteiger partial charge in [0.05, 0.1) is 12.2 Å². The second kappa shape index (κ2) is 8.34. The molecular formula is C22H19F4N5O4. The van der Waals surface area contributed by atoms with E-state index in [0.29, 0.717) is 0 Å². The lowest BCUT2D eigenvalue weighted by atomic mass is 9.81. The van der Waals surface area contributed by atoms with Crippen LogP contribution in [0.1, 0.15) is 28.8 Å². The van der Waals surface area contributed by atoms with Crippen molar-refractivity contribution in [2.24, 2.45) is 5.73 Å². The van der Waals surface area contributed by atoms with Gasteiger partial charge in [-0.05, 0) is 37.3 Å². The average Bonchev–Trinajstić information content (AvgIpc) is 3.46. The van der Waals surface area contributed by atoms with E-state index in [4.69, 9.17) is 10.5 Å². The molecule has 0 fully saturated rings. The quantitative estimate of drug-likeness (QED) is 0.387. The maximum absolute atomic E-state index is 14.2. The topological polar surface area (TPSA) is 143 Å². The molecule has 0 radical (unpaired) electrons. The standard InChI is InChI=1S/C22H19F4N5O4/c1-20(19(27)33)10-35-16-13(20)8-14(31-15(16)11-2-4-12(23)5-3-11)21(34,22(24,25)26)9-30-18(32)17-28-6-7-29-17/h2-8,34H,9-10H2,1H3,(H2,27,33)(H,28,29)(H,30,32)/t20-,21-/m0/s1. The predicted octanol–water partition coefficient (Wildman–Crippen LogP) is 1.93. The number of nitrogens with two attached hydrogens (primary N) is 1. The molecule has 0 aliphatic carbocycles. The van der Waals surface area contributed by atoms with Gasteiger partial charge in [-0.3, -0.25) is 9.59 Å². The second-order valence-electron chi connectivity index (χ2n) is 8.20. The molecule has 2 amide bonds. The Morgan fingerprint density at radius 2 is 1.97 bits per heavy atom. The van der Waals surface area contributed by atoms with Gasteiger partial charge >= 0.3 is 6.18 Å². The zero-order valence-electron chi connectivity index (χ0n) is 18.1. The SMILES string of the molecule is C[C@]1(C(N)=O)COc2c1cc([C@@](O)(CNC(=O)c1ncc[nH]1)C(F)(F)F)nc2-c1ccc(F)cc1. The minimum Gasteiger partial charge on any atom is -0.489 e. The highest BCUT2D eigenvalue weighted by atomic mass is 19.4. The van der Waals surface area contributed by atoms with Crippen molar-refractivity contribution in [1.82, 2.24) is 20.3 Å². The summed E-state index contributed by atoms with van der Waals surface area (Å²) in [5.41, 5.74) is -0.649. The van der Waals surface area contributed by atoms with Gasteiger partial charge in [-0.15, -0.1) is 0 Å². The van der Waals surface area contributed by atoms with Crippen LogP contribution in [0.3, 0.4) is 0 Å². The van der Waals surface area contributed by atoms with Crippen LogP contribution in [0.25, 0.3) is 11.3 Å². The first-order valence-electron chi connectivity index (χ1n) is 10.2. The lowest BCUT2D eigenvalue weighted by molar-refractivity contribution is -0.265. The summed E-state index contributed by atoms with van der Waals surface area (Å²) in [5.74, 6) is -2.76. The maximum Gasteiger partial charge on any atom is 0.424 e. The van der Waals surface area contributed by atoms with E-state index in [1.807, 2.05) is 5.32 Å². The van der Waals surface area contributed by atoms with Crippen LogP contribution >= 0.6 is 0 Å². The number of halogens is 4. The number of aromatic amines is 1. The fraction of sp³-hybridized carbons (Fsp3) is 0.273. The smallest absolute Gasteiger partial charge is 0.424 e. The molecule has 0 spiro atoms. The van der Waals surface area contributed by atoms with E-state index < -0.39 is 47.1 Å².